The van der Waals surface area contributed by atoms with Gasteiger partial charge in [-0.1, -0.05) is 29.7 Å². The summed E-state index contributed by atoms with van der Waals surface area (Å²) in [6, 6.07) is 11.4. The molecule has 6 rings (SSSR count). The quantitative estimate of drug-likeness (QED) is 0.375. The maximum Gasteiger partial charge on any atom is 0.410 e. The summed E-state index contributed by atoms with van der Waals surface area (Å²) in [5.41, 5.74) is 2.79. The lowest BCUT2D eigenvalue weighted by atomic mass is 9.91. The topological polar surface area (TPSA) is 126 Å². The van der Waals surface area contributed by atoms with Crippen LogP contribution in [-0.2, 0) is 22.4 Å². The second-order valence-corrected chi connectivity index (χ2v) is 14.4. The monoisotopic (exact) mass is 721 g/mol. The lowest BCUT2D eigenvalue weighted by Crippen LogP contribution is -2.53. The predicted octanol–water partition coefficient (Wildman–Crippen LogP) is 3.25. The van der Waals surface area contributed by atoms with Crippen LogP contribution in [0, 0.1) is 5.92 Å². The van der Waals surface area contributed by atoms with Crippen LogP contribution in [0.2, 0.25) is 0 Å². The Balaban J connectivity index is 1.07. The van der Waals surface area contributed by atoms with Crippen molar-refractivity contribution in [3.05, 3.63) is 52.0 Å². The average Bonchev–Trinajstić information content (AvgIpc) is 3.28. The largest absolute Gasteiger partial charge is 0.507 e. The summed E-state index contributed by atoms with van der Waals surface area (Å²) in [6.07, 6.45) is 4.18. The normalized spacial score (nSPS) is 21.0. The number of ether oxygens (including phenoxy) is 1. The van der Waals surface area contributed by atoms with Gasteiger partial charge in [-0.15, -0.1) is 0 Å². The zero-order chi connectivity index (χ0) is 33.8. The number of carbonyl (C=O) groups excluding carboxylic acids is 3. The van der Waals surface area contributed by atoms with Crippen LogP contribution in [0.5, 0.6) is 5.75 Å². The van der Waals surface area contributed by atoms with E-state index in [1.807, 2.05) is 29.2 Å². The smallest absolute Gasteiger partial charge is 0.410 e. The molecule has 0 unspecified atom stereocenters. The molecule has 13 heteroatoms. The number of aromatic hydroxyl groups is 1. The van der Waals surface area contributed by atoms with Gasteiger partial charge in [0.25, 0.3) is 5.91 Å². The summed E-state index contributed by atoms with van der Waals surface area (Å²) in [6.45, 7) is 4.76. The fourth-order valence-corrected chi connectivity index (χ4v) is 8.16. The molecule has 3 fully saturated rings. The molecule has 48 heavy (non-hydrogen) atoms. The van der Waals surface area contributed by atoms with Crippen molar-refractivity contribution in [2.75, 3.05) is 57.7 Å². The molecule has 256 valence electrons. The molecule has 4 amide bonds. The fraction of sp³-hybridized carbons (Fsp3) is 0.571. The number of fused-ring (bicyclic) bond motifs is 1. The van der Waals surface area contributed by atoms with Crippen molar-refractivity contribution in [2.45, 2.75) is 69.6 Å². The van der Waals surface area contributed by atoms with Gasteiger partial charge in [0, 0.05) is 63.5 Å². The molecule has 2 aromatic rings. The second-order valence-electron chi connectivity index (χ2n) is 13.6. The number of benzene rings is 2. The van der Waals surface area contributed by atoms with Gasteiger partial charge in [-0.25, -0.2) is 9.59 Å². The van der Waals surface area contributed by atoms with Crippen molar-refractivity contribution in [2.24, 2.45) is 5.92 Å². The number of anilines is 1. The van der Waals surface area contributed by atoms with E-state index in [9.17, 15) is 24.6 Å². The van der Waals surface area contributed by atoms with Crippen LogP contribution < -0.4 is 10.8 Å². The minimum atomic E-state index is -1.06. The molecule has 1 atom stereocenters. The number of nitrogens with one attached hydrogen (secondary N) is 1. The molecule has 0 aliphatic carbocycles. The van der Waals surface area contributed by atoms with E-state index in [2.05, 4.69) is 26.1 Å². The van der Waals surface area contributed by atoms with E-state index >= 15 is 0 Å². The number of carbonyl (C=O) groups is 3. The number of halogens is 1. The van der Waals surface area contributed by atoms with Gasteiger partial charge in [0.15, 0.2) is 6.10 Å². The lowest BCUT2D eigenvalue weighted by Gasteiger charge is -2.42. The maximum absolute atomic E-state index is 14.0. The molecular weight excluding hydrogens is 677 g/mol. The highest BCUT2D eigenvalue weighted by molar-refractivity contribution is 9.10. The standard InChI is InChI=1S/C35H45BBrN5O6/c36-28-19-24(20-29(37)32(28)44)21-31(33(45)40-14-8-26(9-15-40)39-12-5-23(22-43)6-13-39)48-35(47)41-16-10-27(11-17-41)42-18-7-25-3-1-2-4-30(25)38-34(42)46/h1-4,19-20,23,26-27,31,43-44H,5-18,21-22H2,(H,38,46)/t31-/m1/s1. The van der Waals surface area contributed by atoms with E-state index < -0.39 is 12.2 Å². The number of aliphatic hydroxyl groups is 1. The van der Waals surface area contributed by atoms with Gasteiger partial charge in [-0.3, -0.25) is 4.79 Å². The van der Waals surface area contributed by atoms with Gasteiger partial charge in [-0.2, -0.15) is 0 Å². The van der Waals surface area contributed by atoms with Crippen molar-refractivity contribution in [1.82, 2.24) is 19.6 Å². The molecule has 0 saturated carbocycles. The summed E-state index contributed by atoms with van der Waals surface area (Å²) in [7, 11) is 6.01. The summed E-state index contributed by atoms with van der Waals surface area (Å²) >= 11 is 3.33. The molecule has 4 aliphatic rings. The average molecular weight is 722 g/mol. The third kappa shape index (κ3) is 7.95. The molecule has 4 heterocycles. The first kappa shape index (κ1) is 34.6. The fourth-order valence-electron chi connectivity index (χ4n) is 7.64. The number of para-hydroxylation sites is 1. The first-order valence-electron chi connectivity index (χ1n) is 17.2. The SMILES string of the molecule is [B]c1cc(C[C@@H](OC(=O)N2CCC(N3CCc4ccccc4NC3=O)CC2)C(=O)N2CCC(N3CCC(CO)CC3)CC2)cc(Br)c1O. The Morgan fingerprint density at radius 1 is 0.938 bits per heavy atom. The molecule has 4 aliphatic heterocycles. The number of amides is 4. The first-order chi connectivity index (χ1) is 23.2. The first-order valence-corrected chi connectivity index (χ1v) is 18.0. The third-order valence-electron chi connectivity index (χ3n) is 10.6. The molecule has 2 radical (unpaired) electrons. The van der Waals surface area contributed by atoms with Gasteiger partial charge in [0.05, 0.1) is 4.47 Å². The van der Waals surface area contributed by atoms with Crippen LogP contribution in [0.1, 0.15) is 49.7 Å². The number of aliphatic hydroxyl groups excluding tert-OH is 1. The maximum atomic E-state index is 14.0. The number of hydrogen-bond acceptors (Lipinski definition) is 7. The van der Waals surface area contributed by atoms with Crippen LogP contribution >= 0.6 is 15.9 Å². The van der Waals surface area contributed by atoms with E-state index in [-0.39, 0.29) is 42.2 Å². The van der Waals surface area contributed by atoms with Crippen LogP contribution in [0.15, 0.2) is 40.9 Å². The number of nitrogens with zero attached hydrogens (tertiary/aromatic N) is 4. The van der Waals surface area contributed by atoms with Gasteiger partial charge in [0.1, 0.15) is 13.6 Å². The van der Waals surface area contributed by atoms with E-state index in [1.54, 1.807) is 21.9 Å². The number of likely N-dealkylation sites (tertiary alicyclic amines) is 3. The summed E-state index contributed by atoms with van der Waals surface area (Å²) < 4.78 is 6.41. The zero-order valence-electron chi connectivity index (χ0n) is 27.4. The number of phenols is 1. The van der Waals surface area contributed by atoms with Gasteiger partial charge < -0.3 is 39.9 Å². The Bertz CT molecular complexity index is 1450. The van der Waals surface area contributed by atoms with Crippen LogP contribution in [-0.4, -0.2) is 126 Å². The van der Waals surface area contributed by atoms with Crippen molar-refractivity contribution < 1.29 is 29.3 Å². The number of urea groups is 1. The van der Waals surface area contributed by atoms with E-state index in [0.717, 1.165) is 56.4 Å². The van der Waals surface area contributed by atoms with Crippen molar-refractivity contribution in [1.29, 1.82) is 0 Å². The zero-order valence-corrected chi connectivity index (χ0v) is 28.9. The highest BCUT2D eigenvalue weighted by Crippen LogP contribution is 2.28. The highest BCUT2D eigenvalue weighted by atomic mass is 79.9. The molecule has 0 spiro atoms. The van der Waals surface area contributed by atoms with E-state index in [0.29, 0.717) is 67.6 Å². The predicted molar refractivity (Wildman–Crippen MR) is 187 cm³/mol. The molecule has 0 bridgehead atoms. The Morgan fingerprint density at radius 3 is 2.29 bits per heavy atom. The van der Waals surface area contributed by atoms with Crippen molar-refractivity contribution in [3.63, 3.8) is 0 Å². The van der Waals surface area contributed by atoms with E-state index in [4.69, 9.17) is 12.6 Å². The Hall–Kier alpha value is -3.29. The number of phenolic OH excluding ortho intramolecular Hbond substituents is 1. The number of hydrogen-bond donors (Lipinski definition) is 3. The second kappa shape index (κ2) is 15.5. The Morgan fingerprint density at radius 2 is 1.60 bits per heavy atom. The highest BCUT2D eigenvalue weighted by Gasteiger charge is 2.36. The molecule has 11 nitrogen and oxygen atoms in total. The molecule has 0 aromatic heterocycles. The molecule has 3 N–H and O–H groups in total. The van der Waals surface area contributed by atoms with E-state index in [1.165, 1.54) is 0 Å². The summed E-state index contributed by atoms with van der Waals surface area (Å²) in [5, 5.41) is 22.7. The number of piperidine rings is 3. The Kier molecular flexibility index (Phi) is 11.2. The van der Waals surface area contributed by atoms with Gasteiger partial charge in [0.2, 0.25) is 0 Å². The molecule has 3 saturated heterocycles. The van der Waals surface area contributed by atoms with Crippen LogP contribution in [0.4, 0.5) is 15.3 Å². The van der Waals surface area contributed by atoms with Gasteiger partial charge >= 0.3 is 12.1 Å². The Labute approximate surface area is 292 Å². The third-order valence-corrected chi connectivity index (χ3v) is 11.2. The number of rotatable bonds is 7. The summed E-state index contributed by atoms with van der Waals surface area (Å²) in [4.78, 5) is 48.4. The molecular formula is C35H45BBrN5O6. The summed E-state index contributed by atoms with van der Waals surface area (Å²) in [5.74, 6) is 0.0672. The van der Waals surface area contributed by atoms with Gasteiger partial charge in [-0.05, 0) is 103 Å². The minimum Gasteiger partial charge on any atom is -0.507 e. The lowest BCUT2D eigenvalue weighted by molar-refractivity contribution is -0.142. The van der Waals surface area contributed by atoms with Crippen LogP contribution in [0.3, 0.4) is 0 Å². The van der Waals surface area contributed by atoms with Crippen molar-refractivity contribution >= 4 is 53.0 Å². The molecule has 2 aromatic carbocycles. The van der Waals surface area contributed by atoms with Crippen molar-refractivity contribution in [3.8, 4) is 5.75 Å². The minimum absolute atomic E-state index is 0.00571. The van der Waals surface area contributed by atoms with Crippen LogP contribution in [0.25, 0.3) is 0 Å².